The first-order valence-corrected chi connectivity index (χ1v) is 5.49. The Bertz CT molecular complexity index is 240. The van der Waals surface area contributed by atoms with Gasteiger partial charge in [-0.15, -0.1) is 0 Å². The lowest BCUT2D eigenvalue weighted by molar-refractivity contribution is -0.0438. The average Bonchev–Trinajstić information content (AvgIpc) is 2.57. The number of nitrogens with zero attached hydrogens (tertiary/aromatic N) is 1. The fourth-order valence-corrected chi connectivity index (χ4v) is 1.81. The quantitative estimate of drug-likeness (QED) is 0.734. The van der Waals surface area contributed by atoms with Crippen LogP contribution in [-0.4, -0.2) is 42.6 Å². The van der Waals surface area contributed by atoms with E-state index in [9.17, 15) is 9.18 Å². The molecule has 4 nitrogen and oxygen atoms in total. The van der Waals surface area contributed by atoms with Crippen LogP contribution in [0, 0.1) is 0 Å². The first kappa shape index (κ1) is 13.2. The van der Waals surface area contributed by atoms with Crippen LogP contribution in [0.4, 0.5) is 9.18 Å². The number of hydrogen-bond donors (Lipinski definition) is 0. The van der Waals surface area contributed by atoms with Crippen LogP contribution in [0.3, 0.4) is 0 Å². The Kier molecular flexibility index (Phi) is 4.13. The van der Waals surface area contributed by atoms with Crippen molar-refractivity contribution in [3.05, 3.63) is 0 Å². The minimum absolute atomic E-state index is 0.365. The molecule has 16 heavy (non-hydrogen) atoms. The lowest BCUT2D eigenvalue weighted by atomic mass is 10.2. The molecule has 0 N–H and O–H groups in total. The fourth-order valence-electron chi connectivity index (χ4n) is 1.81. The van der Waals surface area contributed by atoms with Crippen molar-refractivity contribution in [2.75, 3.05) is 13.8 Å². The van der Waals surface area contributed by atoms with E-state index in [2.05, 4.69) is 0 Å². The molecular weight excluding hydrogens is 213 g/mol. The molecule has 0 radical (unpaired) electrons. The monoisotopic (exact) mass is 233 g/mol. The van der Waals surface area contributed by atoms with Gasteiger partial charge in [0.25, 0.3) is 0 Å². The summed E-state index contributed by atoms with van der Waals surface area (Å²) in [5.74, 6) is 0. The van der Waals surface area contributed by atoms with E-state index in [0.29, 0.717) is 12.8 Å². The van der Waals surface area contributed by atoms with Gasteiger partial charge in [-0.05, 0) is 33.6 Å². The number of methoxy groups -OCH3 is 1. The smallest absolute Gasteiger partial charge is 0.412 e. The molecule has 2 unspecified atom stereocenters. The first-order chi connectivity index (χ1) is 7.39. The molecule has 5 heteroatoms. The average molecular weight is 233 g/mol. The third kappa shape index (κ3) is 3.07. The normalized spacial score (nSPS) is 25.9. The molecule has 0 bridgehead atoms. The molecule has 0 aromatic heterocycles. The van der Waals surface area contributed by atoms with Crippen molar-refractivity contribution in [1.29, 1.82) is 0 Å². The van der Waals surface area contributed by atoms with Gasteiger partial charge in [0.1, 0.15) is 18.5 Å². The third-order valence-electron chi connectivity index (χ3n) is 2.50. The van der Waals surface area contributed by atoms with Crippen LogP contribution < -0.4 is 0 Å². The van der Waals surface area contributed by atoms with E-state index < -0.39 is 24.4 Å². The molecule has 0 spiro atoms. The molecule has 1 heterocycles. The van der Waals surface area contributed by atoms with Gasteiger partial charge in [0.15, 0.2) is 0 Å². The van der Waals surface area contributed by atoms with Crippen LogP contribution in [-0.2, 0) is 9.47 Å². The van der Waals surface area contributed by atoms with Crippen molar-refractivity contribution in [2.45, 2.75) is 51.5 Å². The number of likely N-dealkylation sites (tertiary alicyclic amines) is 1. The lowest BCUT2D eigenvalue weighted by Crippen LogP contribution is -2.45. The van der Waals surface area contributed by atoms with Crippen molar-refractivity contribution in [1.82, 2.24) is 4.90 Å². The van der Waals surface area contributed by atoms with Crippen LogP contribution in [0.2, 0.25) is 0 Å². The highest BCUT2D eigenvalue weighted by Crippen LogP contribution is 2.27. The SMILES string of the molecule is COC1CCC(CF)N1C(=O)OC(C)(C)C. The molecule has 1 rings (SSSR count). The summed E-state index contributed by atoms with van der Waals surface area (Å²) in [6.07, 6.45) is 0.411. The van der Waals surface area contributed by atoms with E-state index in [4.69, 9.17) is 9.47 Å². The van der Waals surface area contributed by atoms with Crippen molar-refractivity contribution >= 4 is 6.09 Å². The van der Waals surface area contributed by atoms with E-state index in [-0.39, 0.29) is 6.23 Å². The van der Waals surface area contributed by atoms with Crippen LogP contribution in [0.1, 0.15) is 33.6 Å². The topological polar surface area (TPSA) is 38.8 Å². The molecule has 1 amide bonds. The molecule has 0 saturated carbocycles. The Hall–Kier alpha value is -0.840. The summed E-state index contributed by atoms with van der Waals surface area (Å²) in [5.41, 5.74) is -0.571. The van der Waals surface area contributed by atoms with Crippen molar-refractivity contribution < 1.29 is 18.7 Å². The number of hydrogen-bond acceptors (Lipinski definition) is 3. The fraction of sp³-hybridized carbons (Fsp3) is 0.909. The van der Waals surface area contributed by atoms with Gasteiger partial charge in [-0.1, -0.05) is 0 Å². The van der Waals surface area contributed by atoms with Gasteiger partial charge in [-0.25, -0.2) is 9.18 Å². The van der Waals surface area contributed by atoms with Crippen molar-refractivity contribution in [2.24, 2.45) is 0 Å². The second-order valence-electron chi connectivity index (χ2n) is 4.96. The minimum atomic E-state index is -0.571. The Morgan fingerprint density at radius 1 is 1.44 bits per heavy atom. The summed E-state index contributed by atoms with van der Waals surface area (Å²) in [6, 6.07) is -0.417. The van der Waals surface area contributed by atoms with Gasteiger partial charge >= 0.3 is 6.09 Å². The molecule has 0 aromatic carbocycles. The maximum atomic E-state index is 12.7. The lowest BCUT2D eigenvalue weighted by Gasteiger charge is -2.30. The van der Waals surface area contributed by atoms with Gasteiger partial charge in [0.05, 0.1) is 6.04 Å². The van der Waals surface area contributed by atoms with E-state index in [1.165, 1.54) is 12.0 Å². The molecule has 1 saturated heterocycles. The largest absolute Gasteiger partial charge is 0.444 e. The number of ether oxygens (including phenoxy) is 2. The minimum Gasteiger partial charge on any atom is -0.444 e. The predicted molar refractivity (Wildman–Crippen MR) is 57.9 cm³/mol. The summed E-state index contributed by atoms with van der Waals surface area (Å²) in [5, 5.41) is 0. The van der Waals surface area contributed by atoms with Crippen LogP contribution >= 0.6 is 0 Å². The summed E-state index contributed by atoms with van der Waals surface area (Å²) in [4.78, 5) is 13.2. The molecule has 94 valence electrons. The highest BCUT2D eigenvalue weighted by atomic mass is 19.1. The zero-order valence-electron chi connectivity index (χ0n) is 10.3. The standard InChI is InChI=1S/C11H20FNO3/c1-11(2,3)16-10(14)13-8(7-12)5-6-9(13)15-4/h8-9H,5-7H2,1-4H3. The van der Waals surface area contributed by atoms with Gasteiger partial charge in [-0.3, -0.25) is 4.90 Å². The molecular formula is C11H20FNO3. The number of rotatable bonds is 2. The number of carbonyl (C=O) groups excluding carboxylic acids is 1. The molecule has 0 aliphatic carbocycles. The molecule has 0 aromatic rings. The zero-order valence-corrected chi connectivity index (χ0v) is 10.3. The second kappa shape index (κ2) is 4.99. The Balaban J connectivity index is 2.70. The maximum absolute atomic E-state index is 12.7. The van der Waals surface area contributed by atoms with E-state index in [0.717, 1.165) is 0 Å². The predicted octanol–water partition coefficient (Wildman–Crippen LogP) is 2.33. The molecule has 2 atom stereocenters. The van der Waals surface area contributed by atoms with Gasteiger partial charge < -0.3 is 9.47 Å². The second-order valence-corrected chi connectivity index (χ2v) is 4.96. The summed E-state index contributed by atoms with van der Waals surface area (Å²) >= 11 is 0. The summed E-state index contributed by atoms with van der Waals surface area (Å²) in [6.45, 7) is 4.80. The highest BCUT2D eigenvalue weighted by Gasteiger charge is 2.39. The number of halogens is 1. The number of amides is 1. The van der Waals surface area contributed by atoms with Gasteiger partial charge in [0, 0.05) is 7.11 Å². The van der Waals surface area contributed by atoms with E-state index in [1.807, 2.05) is 0 Å². The zero-order chi connectivity index (χ0) is 12.3. The Labute approximate surface area is 95.7 Å². The van der Waals surface area contributed by atoms with Crippen LogP contribution in [0.15, 0.2) is 0 Å². The van der Waals surface area contributed by atoms with Crippen LogP contribution in [0.25, 0.3) is 0 Å². The third-order valence-corrected chi connectivity index (χ3v) is 2.50. The molecule has 1 aliphatic rings. The van der Waals surface area contributed by atoms with Gasteiger partial charge in [-0.2, -0.15) is 0 Å². The Morgan fingerprint density at radius 2 is 2.06 bits per heavy atom. The van der Waals surface area contributed by atoms with E-state index >= 15 is 0 Å². The Morgan fingerprint density at radius 3 is 2.50 bits per heavy atom. The maximum Gasteiger partial charge on any atom is 0.412 e. The summed E-state index contributed by atoms with van der Waals surface area (Å²) < 4.78 is 23.1. The van der Waals surface area contributed by atoms with E-state index in [1.54, 1.807) is 20.8 Å². The highest BCUT2D eigenvalue weighted by molar-refractivity contribution is 5.69. The van der Waals surface area contributed by atoms with Crippen molar-refractivity contribution in [3.8, 4) is 0 Å². The summed E-state index contributed by atoms with van der Waals surface area (Å²) in [7, 11) is 1.52. The molecule has 1 aliphatic heterocycles. The van der Waals surface area contributed by atoms with Gasteiger partial charge in [0.2, 0.25) is 0 Å². The number of alkyl halides is 1. The van der Waals surface area contributed by atoms with Crippen LogP contribution in [0.5, 0.6) is 0 Å². The van der Waals surface area contributed by atoms with Crippen molar-refractivity contribution in [3.63, 3.8) is 0 Å². The number of carbonyl (C=O) groups is 1. The first-order valence-electron chi connectivity index (χ1n) is 5.49. The molecule has 1 fully saturated rings.